The summed E-state index contributed by atoms with van der Waals surface area (Å²) in [5.41, 5.74) is -0.424. The van der Waals surface area contributed by atoms with Crippen molar-refractivity contribution in [1.82, 2.24) is 10.6 Å². The highest BCUT2D eigenvalue weighted by Crippen LogP contribution is 2.30. The normalized spacial score (nSPS) is 22.8. The number of carbonyl (C=O) groups is 2. The Kier molecular flexibility index (Phi) is 14.3. The van der Waals surface area contributed by atoms with Gasteiger partial charge in [0.05, 0.1) is 0 Å². The van der Waals surface area contributed by atoms with Gasteiger partial charge in [0.15, 0.2) is 0 Å². The van der Waals surface area contributed by atoms with Crippen molar-refractivity contribution in [2.45, 2.75) is 101 Å². The maximum absolute atomic E-state index is 13.3. The Hall–Kier alpha value is -3.85. The van der Waals surface area contributed by atoms with Crippen molar-refractivity contribution in [3.05, 3.63) is 105 Å². The molecule has 2 aliphatic rings. The molecular formula is C41H45Cl2FN2O4. The second-order valence-electron chi connectivity index (χ2n) is 13.2. The van der Waals surface area contributed by atoms with Gasteiger partial charge < -0.3 is 20.8 Å². The molecule has 0 aromatic heterocycles. The SMILES string of the molecule is CCC(CC)C(=O)N[C@H]1CCC[C@@](O)(C#Cc2cccc(Cl)c2)C1.O=C(N[C@H]1CCC[C@@](O)(C#Cc2cccc(Cl)c2)C1)c1cccc(F)c1. The molecule has 2 saturated carbocycles. The molecule has 3 aromatic carbocycles. The minimum absolute atomic E-state index is 0.00879. The van der Waals surface area contributed by atoms with E-state index in [9.17, 15) is 24.2 Å². The Balaban J connectivity index is 0.000000226. The third kappa shape index (κ3) is 12.2. The largest absolute Gasteiger partial charge is 0.378 e. The Morgan fingerprint density at radius 2 is 1.30 bits per heavy atom. The molecule has 50 heavy (non-hydrogen) atoms. The lowest BCUT2D eigenvalue weighted by Crippen LogP contribution is -2.46. The van der Waals surface area contributed by atoms with Gasteiger partial charge in [-0.3, -0.25) is 9.59 Å². The highest BCUT2D eigenvalue weighted by atomic mass is 35.5. The zero-order valence-electron chi connectivity index (χ0n) is 28.6. The Labute approximate surface area is 305 Å². The average Bonchev–Trinajstić information content (AvgIpc) is 3.08. The van der Waals surface area contributed by atoms with Gasteiger partial charge in [0.25, 0.3) is 5.91 Å². The topological polar surface area (TPSA) is 98.7 Å². The monoisotopic (exact) mass is 718 g/mol. The fourth-order valence-corrected chi connectivity index (χ4v) is 6.75. The van der Waals surface area contributed by atoms with Crippen LogP contribution in [0.15, 0.2) is 72.8 Å². The summed E-state index contributed by atoms with van der Waals surface area (Å²) < 4.78 is 13.3. The van der Waals surface area contributed by atoms with Crippen molar-refractivity contribution in [1.29, 1.82) is 0 Å². The van der Waals surface area contributed by atoms with E-state index in [1.807, 2.05) is 32.0 Å². The first-order valence-electron chi connectivity index (χ1n) is 17.3. The van der Waals surface area contributed by atoms with E-state index in [0.717, 1.165) is 49.7 Å². The summed E-state index contributed by atoms with van der Waals surface area (Å²) in [7, 11) is 0. The second kappa shape index (κ2) is 18.4. The smallest absolute Gasteiger partial charge is 0.251 e. The maximum Gasteiger partial charge on any atom is 0.251 e. The first kappa shape index (κ1) is 38.9. The minimum atomic E-state index is -1.17. The molecule has 9 heteroatoms. The van der Waals surface area contributed by atoms with Gasteiger partial charge in [-0.25, -0.2) is 4.39 Å². The van der Waals surface area contributed by atoms with Crippen LogP contribution in [0, 0.1) is 35.4 Å². The van der Waals surface area contributed by atoms with Crippen LogP contribution in [-0.2, 0) is 4.79 Å². The molecule has 2 fully saturated rings. The van der Waals surface area contributed by atoms with Crippen molar-refractivity contribution in [2.24, 2.45) is 5.92 Å². The zero-order chi connectivity index (χ0) is 36.1. The van der Waals surface area contributed by atoms with E-state index in [4.69, 9.17) is 23.2 Å². The fraction of sp³-hybridized carbons (Fsp3) is 0.415. The van der Waals surface area contributed by atoms with Crippen molar-refractivity contribution >= 4 is 35.0 Å². The molecule has 2 aliphatic carbocycles. The Bertz CT molecular complexity index is 1760. The summed E-state index contributed by atoms with van der Waals surface area (Å²) in [4.78, 5) is 24.5. The molecule has 0 spiro atoms. The summed E-state index contributed by atoms with van der Waals surface area (Å²) in [5, 5.41) is 28.8. The van der Waals surface area contributed by atoms with Crippen molar-refractivity contribution in [3.63, 3.8) is 0 Å². The Morgan fingerprint density at radius 3 is 1.78 bits per heavy atom. The standard InChI is InChI=1S/C21H19ClFNO2.C20H26ClNO2/c22-17-6-1-4-15(12-17)9-11-21(26)10-3-8-19(14-21)24-20(25)16-5-2-7-18(23)13-16;1-3-16(4-2)19(23)22-18-9-6-11-20(24,14-18)12-10-15-7-5-8-17(21)13-15/h1-2,4-7,12-13,19,26H,3,8,10,14H2,(H,24,25);5,7-8,13,16,18,24H,3-4,6,9,11,14H2,1-2H3,(H,22,23)/t19-,21+;18-,20+/m00/s1. The number of benzene rings is 3. The van der Waals surface area contributed by atoms with E-state index in [0.29, 0.717) is 35.7 Å². The molecular weight excluding hydrogens is 674 g/mol. The summed E-state index contributed by atoms with van der Waals surface area (Å²) in [5.74, 6) is 11.3. The van der Waals surface area contributed by atoms with Crippen LogP contribution < -0.4 is 10.6 Å². The summed E-state index contributed by atoms with van der Waals surface area (Å²) in [6, 6.07) is 19.8. The van der Waals surface area contributed by atoms with Crippen molar-refractivity contribution in [3.8, 4) is 23.7 Å². The van der Waals surface area contributed by atoms with Gasteiger partial charge >= 0.3 is 0 Å². The molecule has 0 radical (unpaired) electrons. The molecule has 264 valence electrons. The van der Waals surface area contributed by atoms with Crippen LogP contribution in [0.3, 0.4) is 0 Å². The molecule has 0 heterocycles. The van der Waals surface area contributed by atoms with E-state index >= 15 is 0 Å². The maximum atomic E-state index is 13.3. The van der Waals surface area contributed by atoms with Crippen LogP contribution >= 0.6 is 23.2 Å². The lowest BCUT2D eigenvalue weighted by Gasteiger charge is -2.34. The highest BCUT2D eigenvalue weighted by molar-refractivity contribution is 6.31. The van der Waals surface area contributed by atoms with Crippen LogP contribution in [-0.4, -0.2) is 45.3 Å². The number of hydrogen-bond acceptors (Lipinski definition) is 4. The van der Waals surface area contributed by atoms with E-state index in [1.165, 1.54) is 18.2 Å². The molecule has 4 N–H and O–H groups in total. The van der Waals surface area contributed by atoms with Gasteiger partial charge in [-0.05, 0) is 106 Å². The van der Waals surface area contributed by atoms with Crippen LogP contribution in [0.1, 0.15) is 99.5 Å². The molecule has 6 nitrogen and oxygen atoms in total. The third-order valence-electron chi connectivity index (χ3n) is 9.11. The van der Waals surface area contributed by atoms with E-state index < -0.39 is 17.0 Å². The number of halogens is 3. The van der Waals surface area contributed by atoms with Crippen LogP contribution in [0.5, 0.6) is 0 Å². The van der Waals surface area contributed by atoms with Gasteiger partial charge in [0.2, 0.25) is 5.91 Å². The summed E-state index contributed by atoms with van der Waals surface area (Å²) >= 11 is 11.9. The van der Waals surface area contributed by atoms with Gasteiger partial charge in [-0.2, -0.15) is 0 Å². The number of nitrogens with one attached hydrogen (secondary N) is 2. The highest BCUT2D eigenvalue weighted by Gasteiger charge is 2.35. The molecule has 0 unspecified atom stereocenters. The second-order valence-corrected chi connectivity index (χ2v) is 14.0. The molecule has 2 amide bonds. The van der Waals surface area contributed by atoms with Gasteiger partial charge in [-0.1, -0.05) is 78.9 Å². The van der Waals surface area contributed by atoms with Crippen molar-refractivity contribution in [2.75, 3.05) is 0 Å². The number of hydrogen-bond donors (Lipinski definition) is 4. The zero-order valence-corrected chi connectivity index (χ0v) is 30.1. The van der Waals surface area contributed by atoms with E-state index in [-0.39, 0.29) is 35.4 Å². The summed E-state index contributed by atoms with van der Waals surface area (Å²) in [6.45, 7) is 4.06. The first-order valence-corrected chi connectivity index (χ1v) is 18.0. The number of carbonyl (C=O) groups excluding carboxylic acids is 2. The molecule has 5 rings (SSSR count). The predicted molar refractivity (Wildman–Crippen MR) is 197 cm³/mol. The number of aliphatic hydroxyl groups is 2. The van der Waals surface area contributed by atoms with E-state index in [1.54, 1.807) is 36.4 Å². The predicted octanol–water partition coefficient (Wildman–Crippen LogP) is 7.85. The van der Waals surface area contributed by atoms with Gasteiger partial charge in [0, 0.05) is 57.6 Å². The minimum Gasteiger partial charge on any atom is -0.378 e. The Morgan fingerprint density at radius 1 is 0.800 bits per heavy atom. The molecule has 0 saturated heterocycles. The van der Waals surface area contributed by atoms with Crippen LogP contribution in [0.4, 0.5) is 4.39 Å². The summed E-state index contributed by atoms with van der Waals surface area (Å²) in [6.07, 6.45) is 6.93. The molecule has 0 aliphatic heterocycles. The van der Waals surface area contributed by atoms with Crippen molar-refractivity contribution < 1.29 is 24.2 Å². The number of rotatable bonds is 6. The first-order chi connectivity index (χ1) is 23.9. The number of amides is 2. The van der Waals surface area contributed by atoms with Crippen LogP contribution in [0.2, 0.25) is 10.0 Å². The van der Waals surface area contributed by atoms with Crippen LogP contribution in [0.25, 0.3) is 0 Å². The molecule has 4 atom stereocenters. The average molecular weight is 720 g/mol. The molecule has 3 aromatic rings. The molecule has 0 bridgehead atoms. The lowest BCUT2D eigenvalue weighted by atomic mass is 9.81. The lowest BCUT2D eigenvalue weighted by molar-refractivity contribution is -0.126. The van der Waals surface area contributed by atoms with Gasteiger partial charge in [0.1, 0.15) is 17.0 Å². The van der Waals surface area contributed by atoms with Gasteiger partial charge in [-0.15, -0.1) is 0 Å². The van der Waals surface area contributed by atoms with E-state index in [2.05, 4.69) is 34.3 Å². The third-order valence-corrected chi connectivity index (χ3v) is 9.58. The fourth-order valence-electron chi connectivity index (χ4n) is 6.37. The quantitative estimate of drug-likeness (QED) is 0.195.